The SMILES string of the molecule is CCC1=NN(c2ncccn2)C(=O)C1CCN. The van der Waals surface area contributed by atoms with E-state index in [1.54, 1.807) is 18.5 Å². The van der Waals surface area contributed by atoms with Crippen molar-refractivity contribution in [2.75, 3.05) is 11.6 Å². The van der Waals surface area contributed by atoms with Crippen LogP contribution in [0, 0.1) is 5.92 Å². The average Bonchev–Trinajstić information content (AvgIpc) is 2.69. The van der Waals surface area contributed by atoms with Crippen LogP contribution in [-0.2, 0) is 4.79 Å². The summed E-state index contributed by atoms with van der Waals surface area (Å²) in [6.45, 7) is 2.45. The fraction of sp³-hybridized carbons (Fsp3) is 0.455. The summed E-state index contributed by atoms with van der Waals surface area (Å²) in [4.78, 5) is 20.2. The second kappa shape index (κ2) is 5.01. The van der Waals surface area contributed by atoms with E-state index in [1.807, 2.05) is 6.92 Å². The Morgan fingerprint density at radius 3 is 2.71 bits per heavy atom. The van der Waals surface area contributed by atoms with Gasteiger partial charge < -0.3 is 5.73 Å². The topological polar surface area (TPSA) is 84.5 Å². The fourth-order valence-electron chi connectivity index (χ4n) is 1.86. The summed E-state index contributed by atoms with van der Waals surface area (Å²) in [6.07, 6.45) is 4.54. The molecule has 0 fully saturated rings. The van der Waals surface area contributed by atoms with Crippen molar-refractivity contribution in [3.63, 3.8) is 0 Å². The van der Waals surface area contributed by atoms with Gasteiger partial charge in [-0.25, -0.2) is 9.97 Å². The lowest BCUT2D eigenvalue weighted by Gasteiger charge is -2.11. The summed E-state index contributed by atoms with van der Waals surface area (Å²) in [5.74, 6) is 0.0234. The number of carbonyl (C=O) groups excluding carboxylic acids is 1. The standard InChI is InChI=1S/C11H15N5O/c1-2-9-8(4-5-12)10(17)16(15-9)11-13-6-3-7-14-11/h3,6-8H,2,4-5,12H2,1H3. The van der Waals surface area contributed by atoms with Gasteiger partial charge in [-0.1, -0.05) is 6.92 Å². The minimum atomic E-state index is -0.214. The number of hydrazone groups is 1. The normalized spacial score (nSPS) is 19.6. The predicted octanol–water partition coefficient (Wildman–Crippen LogP) is 0.554. The number of carbonyl (C=O) groups is 1. The number of anilines is 1. The third-order valence-corrected chi connectivity index (χ3v) is 2.70. The van der Waals surface area contributed by atoms with Gasteiger partial charge in [-0.3, -0.25) is 4.79 Å². The van der Waals surface area contributed by atoms with Crippen LogP contribution in [0.25, 0.3) is 0 Å². The Hall–Kier alpha value is -1.82. The van der Waals surface area contributed by atoms with Crippen LogP contribution in [0.4, 0.5) is 5.95 Å². The van der Waals surface area contributed by atoms with Crippen molar-refractivity contribution in [2.24, 2.45) is 16.8 Å². The molecule has 0 aromatic carbocycles. The Morgan fingerprint density at radius 2 is 2.12 bits per heavy atom. The number of aromatic nitrogens is 2. The third kappa shape index (κ3) is 2.16. The molecule has 0 radical (unpaired) electrons. The molecule has 2 heterocycles. The number of nitrogens with zero attached hydrogens (tertiary/aromatic N) is 4. The van der Waals surface area contributed by atoms with Gasteiger partial charge >= 0.3 is 0 Å². The second-order valence-corrected chi connectivity index (χ2v) is 3.77. The van der Waals surface area contributed by atoms with E-state index in [2.05, 4.69) is 15.1 Å². The number of rotatable bonds is 4. The molecule has 1 aromatic heterocycles. The summed E-state index contributed by atoms with van der Waals surface area (Å²) in [5, 5.41) is 5.55. The predicted molar refractivity (Wildman–Crippen MR) is 64.4 cm³/mol. The van der Waals surface area contributed by atoms with Crippen molar-refractivity contribution in [1.82, 2.24) is 9.97 Å². The molecule has 0 saturated heterocycles. The Morgan fingerprint density at radius 1 is 1.41 bits per heavy atom. The summed E-state index contributed by atoms with van der Waals surface area (Å²) < 4.78 is 0. The Labute approximate surface area is 99.5 Å². The molecule has 6 nitrogen and oxygen atoms in total. The van der Waals surface area contributed by atoms with Crippen LogP contribution in [0.2, 0.25) is 0 Å². The first-order chi connectivity index (χ1) is 8.27. The van der Waals surface area contributed by atoms with Crippen molar-refractivity contribution in [3.8, 4) is 0 Å². The molecule has 1 aromatic rings. The maximum absolute atomic E-state index is 12.1. The van der Waals surface area contributed by atoms with E-state index in [-0.39, 0.29) is 11.8 Å². The van der Waals surface area contributed by atoms with E-state index in [0.717, 1.165) is 12.1 Å². The Bertz CT molecular complexity index is 431. The molecule has 0 saturated carbocycles. The molecule has 1 amide bonds. The van der Waals surface area contributed by atoms with Gasteiger partial charge in [0.05, 0.1) is 11.6 Å². The average molecular weight is 233 g/mol. The van der Waals surface area contributed by atoms with E-state index < -0.39 is 0 Å². The number of nitrogens with two attached hydrogens (primary N) is 1. The Kier molecular flexibility index (Phi) is 3.43. The zero-order valence-electron chi connectivity index (χ0n) is 9.71. The zero-order valence-corrected chi connectivity index (χ0v) is 9.71. The van der Waals surface area contributed by atoms with Crippen molar-refractivity contribution in [1.29, 1.82) is 0 Å². The minimum absolute atomic E-state index is 0.0847. The summed E-state index contributed by atoms with van der Waals surface area (Å²) in [5.41, 5.74) is 6.37. The number of amides is 1. The molecule has 6 heteroatoms. The third-order valence-electron chi connectivity index (χ3n) is 2.70. The zero-order chi connectivity index (χ0) is 12.3. The molecule has 2 N–H and O–H groups in total. The molecular formula is C11H15N5O. The van der Waals surface area contributed by atoms with Crippen molar-refractivity contribution in [3.05, 3.63) is 18.5 Å². The lowest BCUT2D eigenvalue weighted by molar-refractivity contribution is -0.119. The van der Waals surface area contributed by atoms with Gasteiger partial charge in [0, 0.05) is 12.4 Å². The van der Waals surface area contributed by atoms with Crippen LogP contribution >= 0.6 is 0 Å². The van der Waals surface area contributed by atoms with Crippen LogP contribution < -0.4 is 10.7 Å². The molecule has 2 rings (SSSR count). The molecule has 1 unspecified atom stereocenters. The maximum atomic E-state index is 12.1. The smallest absolute Gasteiger partial charge is 0.259 e. The number of hydrogen-bond donors (Lipinski definition) is 1. The van der Waals surface area contributed by atoms with Crippen LogP contribution in [0.15, 0.2) is 23.6 Å². The van der Waals surface area contributed by atoms with E-state index in [1.165, 1.54) is 5.01 Å². The van der Waals surface area contributed by atoms with E-state index in [9.17, 15) is 4.79 Å². The summed E-state index contributed by atoms with van der Waals surface area (Å²) in [6, 6.07) is 1.70. The molecule has 1 aliphatic rings. The summed E-state index contributed by atoms with van der Waals surface area (Å²) in [7, 11) is 0. The highest BCUT2D eigenvalue weighted by Crippen LogP contribution is 2.23. The van der Waals surface area contributed by atoms with Crippen LogP contribution in [0.3, 0.4) is 0 Å². The summed E-state index contributed by atoms with van der Waals surface area (Å²) >= 11 is 0. The second-order valence-electron chi connectivity index (χ2n) is 3.77. The maximum Gasteiger partial charge on any atom is 0.259 e. The van der Waals surface area contributed by atoms with Crippen molar-refractivity contribution < 1.29 is 4.79 Å². The van der Waals surface area contributed by atoms with Gasteiger partial charge in [-0.2, -0.15) is 10.1 Å². The highest BCUT2D eigenvalue weighted by molar-refractivity contribution is 6.14. The lowest BCUT2D eigenvalue weighted by Crippen LogP contribution is -2.30. The Balaban J connectivity index is 2.27. The first kappa shape index (κ1) is 11.7. The molecule has 1 atom stereocenters. The van der Waals surface area contributed by atoms with E-state index in [0.29, 0.717) is 18.9 Å². The fourth-order valence-corrected chi connectivity index (χ4v) is 1.86. The highest BCUT2D eigenvalue weighted by atomic mass is 16.2. The van der Waals surface area contributed by atoms with Gasteiger partial charge in [0.15, 0.2) is 0 Å². The quantitative estimate of drug-likeness (QED) is 0.823. The molecule has 90 valence electrons. The van der Waals surface area contributed by atoms with E-state index in [4.69, 9.17) is 5.73 Å². The van der Waals surface area contributed by atoms with Gasteiger partial charge in [-0.05, 0) is 25.5 Å². The molecule has 0 aliphatic carbocycles. The molecular weight excluding hydrogens is 218 g/mol. The van der Waals surface area contributed by atoms with Gasteiger partial charge in [-0.15, -0.1) is 0 Å². The molecule has 0 spiro atoms. The molecule has 1 aliphatic heterocycles. The van der Waals surface area contributed by atoms with Crippen LogP contribution in [-0.4, -0.2) is 28.1 Å². The first-order valence-corrected chi connectivity index (χ1v) is 5.66. The highest BCUT2D eigenvalue weighted by Gasteiger charge is 2.36. The van der Waals surface area contributed by atoms with Gasteiger partial charge in [0.1, 0.15) is 0 Å². The van der Waals surface area contributed by atoms with Gasteiger partial charge in [0.25, 0.3) is 11.9 Å². The molecule has 17 heavy (non-hydrogen) atoms. The number of hydrogen-bond acceptors (Lipinski definition) is 5. The first-order valence-electron chi connectivity index (χ1n) is 5.66. The van der Waals surface area contributed by atoms with E-state index >= 15 is 0 Å². The largest absolute Gasteiger partial charge is 0.330 e. The molecule has 0 bridgehead atoms. The van der Waals surface area contributed by atoms with Crippen molar-refractivity contribution >= 4 is 17.6 Å². The lowest BCUT2D eigenvalue weighted by atomic mass is 9.98. The van der Waals surface area contributed by atoms with Gasteiger partial charge in [0.2, 0.25) is 0 Å². The monoisotopic (exact) mass is 233 g/mol. The minimum Gasteiger partial charge on any atom is -0.330 e. The van der Waals surface area contributed by atoms with Crippen LogP contribution in [0.1, 0.15) is 19.8 Å². The van der Waals surface area contributed by atoms with Crippen LogP contribution in [0.5, 0.6) is 0 Å². The van der Waals surface area contributed by atoms with Crippen molar-refractivity contribution in [2.45, 2.75) is 19.8 Å².